The Bertz CT molecular complexity index is 3270. The van der Waals surface area contributed by atoms with Gasteiger partial charge in [-0.05, 0) is 126 Å². The molecular formula is C62H52N4. The van der Waals surface area contributed by atoms with Gasteiger partial charge in [0.05, 0.1) is 6.04 Å². The van der Waals surface area contributed by atoms with Gasteiger partial charge in [0.15, 0.2) is 17.5 Å². The molecule has 1 aliphatic carbocycles. The van der Waals surface area contributed by atoms with E-state index in [-0.39, 0.29) is 0 Å². The summed E-state index contributed by atoms with van der Waals surface area (Å²) in [6.07, 6.45) is 7.17. The van der Waals surface area contributed by atoms with Gasteiger partial charge in [0.2, 0.25) is 0 Å². The van der Waals surface area contributed by atoms with Crippen LogP contribution in [0.5, 0.6) is 0 Å². The summed E-state index contributed by atoms with van der Waals surface area (Å²) in [5.41, 5.74) is 20.7. The van der Waals surface area contributed by atoms with E-state index >= 15 is 0 Å². The molecule has 2 unspecified atom stereocenters. The zero-order valence-corrected chi connectivity index (χ0v) is 38.2. The summed E-state index contributed by atoms with van der Waals surface area (Å²) in [7, 11) is 0. The lowest BCUT2D eigenvalue weighted by molar-refractivity contribution is 0.747. The molecule has 9 aromatic rings. The fourth-order valence-corrected chi connectivity index (χ4v) is 9.59. The van der Waals surface area contributed by atoms with Crippen LogP contribution in [0.4, 0.5) is 11.4 Å². The Kier molecular flexibility index (Phi) is 11.6. The van der Waals surface area contributed by atoms with Crippen molar-refractivity contribution in [3.05, 3.63) is 251 Å². The van der Waals surface area contributed by atoms with Crippen LogP contribution in [0.25, 0.3) is 62.0 Å². The van der Waals surface area contributed by atoms with E-state index in [0.717, 1.165) is 22.3 Å². The first-order valence-corrected chi connectivity index (χ1v) is 22.9. The van der Waals surface area contributed by atoms with Crippen LogP contribution in [0, 0.1) is 34.6 Å². The van der Waals surface area contributed by atoms with Gasteiger partial charge in [-0.2, -0.15) is 0 Å². The maximum Gasteiger partial charge on any atom is 0.164 e. The quantitative estimate of drug-likeness (QED) is 0.160. The van der Waals surface area contributed by atoms with Gasteiger partial charge in [-0.1, -0.05) is 188 Å². The smallest absolute Gasteiger partial charge is 0.164 e. The Morgan fingerprint density at radius 3 is 1.73 bits per heavy atom. The van der Waals surface area contributed by atoms with E-state index in [9.17, 15) is 0 Å². The molecule has 66 heavy (non-hydrogen) atoms. The normalized spacial score (nSPS) is 14.7. The molecule has 0 radical (unpaired) electrons. The molecule has 0 saturated carbocycles. The second-order valence-electron chi connectivity index (χ2n) is 17.5. The van der Waals surface area contributed by atoms with Gasteiger partial charge >= 0.3 is 0 Å². The second kappa shape index (κ2) is 18.3. The molecule has 1 aliphatic heterocycles. The number of nitrogens with zero attached hydrogens (tertiary/aromatic N) is 4. The number of hydrogen-bond donors (Lipinski definition) is 0. The van der Waals surface area contributed by atoms with Gasteiger partial charge in [0.25, 0.3) is 0 Å². The van der Waals surface area contributed by atoms with Crippen LogP contribution in [-0.2, 0) is 0 Å². The summed E-state index contributed by atoms with van der Waals surface area (Å²) in [4.78, 5) is 17.3. The molecule has 2 atom stereocenters. The molecular weight excluding hydrogens is 801 g/mol. The van der Waals surface area contributed by atoms with Crippen molar-refractivity contribution in [1.29, 1.82) is 0 Å². The van der Waals surface area contributed by atoms with Gasteiger partial charge in [0, 0.05) is 34.0 Å². The summed E-state index contributed by atoms with van der Waals surface area (Å²) in [6.45, 7) is 10.8. The zero-order chi connectivity index (χ0) is 45.1. The second-order valence-corrected chi connectivity index (χ2v) is 17.5. The largest absolute Gasteiger partial charge is 0.333 e. The molecule has 0 spiro atoms. The molecule has 8 aromatic carbocycles. The predicted molar refractivity (Wildman–Crippen MR) is 276 cm³/mol. The fourth-order valence-electron chi connectivity index (χ4n) is 9.59. The molecule has 0 bridgehead atoms. The highest BCUT2D eigenvalue weighted by molar-refractivity contribution is 5.87. The van der Waals surface area contributed by atoms with Crippen molar-refractivity contribution in [3.63, 3.8) is 0 Å². The molecule has 0 amide bonds. The number of para-hydroxylation sites is 2. The van der Waals surface area contributed by atoms with Crippen molar-refractivity contribution in [1.82, 2.24) is 15.0 Å². The topological polar surface area (TPSA) is 41.9 Å². The maximum atomic E-state index is 4.98. The van der Waals surface area contributed by atoms with Crippen molar-refractivity contribution < 1.29 is 0 Å². The number of aryl methyl sites for hydroxylation is 5. The third-order valence-electron chi connectivity index (χ3n) is 13.0. The van der Waals surface area contributed by atoms with Crippen LogP contribution in [0.2, 0.25) is 0 Å². The number of anilines is 2. The van der Waals surface area contributed by atoms with Gasteiger partial charge in [-0.25, -0.2) is 15.0 Å². The van der Waals surface area contributed by atoms with E-state index in [1.807, 2.05) is 36.4 Å². The first-order valence-electron chi connectivity index (χ1n) is 22.9. The summed E-state index contributed by atoms with van der Waals surface area (Å²) in [5, 5.41) is 0. The van der Waals surface area contributed by atoms with Gasteiger partial charge in [-0.15, -0.1) is 0 Å². The summed E-state index contributed by atoms with van der Waals surface area (Å²) < 4.78 is 0. The molecule has 4 heteroatoms. The van der Waals surface area contributed by atoms with E-state index in [1.165, 1.54) is 72.6 Å². The molecule has 2 heterocycles. The average molecular weight is 853 g/mol. The van der Waals surface area contributed by atoms with Crippen LogP contribution in [0.1, 0.15) is 44.9 Å². The monoisotopic (exact) mass is 852 g/mol. The zero-order valence-electron chi connectivity index (χ0n) is 38.2. The van der Waals surface area contributed by atoms with E-state index in [1.54, 1.807) is 0 Å². The van der Waals surface area contributed by atoms with Crippen molar-refractivity contribution in [2.45, 2.75) is 46.6 Å². The molecule has 0 saturated heterocycles. The minimum atomic E-state index is 0.301. The summed E-state index contributed by atoms with van der Waals surface area (Å²) >= 11 is 0. The van der Waals surface area contributed by atoms with Crippen molar-refractivity contribution in [2.75, 3.05) is 4.90 Å². The fraction of sp³-hybridized carbons (Fsp3) is 0.113. The van der Waals surface area contributed by atoms with E-state index in [0.29, 0.717) is 29.4 Å². The minimum absolute atomic E-state index is 0.301. The highest BCUT2D eigenvalue weighted by Crippen LogP contribution is 2.49. The SMILES string of the molecule is Cc1cccc(-c2nc(-c3ccccc3)nc(-c3cccc(C)c3-c3ccccc3C)n2)c1.Cc1ccccc1-c1cc(C2=CC3c4ccccc4N(c4ccccc4)C3C=C2)ccc1C. The van der Waals surface area contributed by atoms with E-state index in [4.69, 9.17) is 15.0 Å². The Morgan fingerprint density at radius 2 is 0.985 bits per heavy atom. The number of benzene rings is 8. The predicted octanol–water partition coefficient (Wildman–Crippen LogP) is 15.7. The molecule has 1 aromatic heterocycles. The Hall–Kier alpha value is -7.95. The van der Waals surface area contributed by atoms with Crippen LogP contribution < -0.4 is 4.90 Å². The highest BCUT2D eigenvalue weighted by Gasteiger charge is 2.38. The third kappa shape index (κ3) is 8.30. The number of rotatable bonds is 7. The van der Waals surface area contributed by atoms with Crippen LogP contribution in [0.3, 0.4) is 0 Å². The lowest BCUT2D eigenvalue weighted by Crippen LogP contribution is -2.28. The lowest BCUT2D eigenvalue weighted by atomic mass is 9.85. The Morgan fingerprint density at radius 1 is 0.409 bits per heavy atom. The number of fused-ring (bicyclic) bond motifs is 3. The van der Waals surface area contributed by atoms with E-state index in [2.05, 4.69) is 215 Å². The lowest BCUT2D eigenvalue weighted by Gasteiger charge is -2.29. The third-order valence-corrected chi connectivity index (χ3v) is 13.0. The number of aromatic nitrogens is 3. The molecule has 4 nitrogen and oxygen atoms in total. The molecule has 0 N–H and O–H groups in total. The average Bonchev–Trinajstić information content (AvgIpc) is 3.69. The first kappa shape index (κ1) is 42.0. The highest BCUT2D eigenvalue weighted by atomic mass is 15.2. The molecule has 2 aliphatic rings. The Balaban J connectivity index is 0.000000155. The maximum absolute atomic E-state index is 4.98. The molecule has 0 fully saturated rings. The molecule has 320 valence electrons. The van der Waals surface area contributed by atoms with Gasteiger partial charge < -0.3 is 4.90 Å². The van der Waals surface area contributed by atoms with Crippen LogP contribution in [-0.4, -0.2) is 21.0 Å². The number of hydrogen-bond acceptors (Lipinski definition) is 4. The van der Waals surface area contributed by atoms with Crippen molar-refractivity contribution >= 4 is 16.9 Å². The summed E-state index contributed by atoms with van der Waals surface area (Å²) in [6, 6.07) is 68.7. The van der Waals surface area contributed by atoms with Crippen molar-refractivity contribution in [2.24, 2.45) is 0 Å². The minimum Gasteiger partial charge on any atom is -0.333 e. The number of allylic oxidation sites excluding steroid dienone is 2. The van der Waals surface area contributed by atoms with E-state index < -0.39 is 0 Å². The van der Waals surface area contributed by atoms with Gasteiger partial charge in [-0.3, -0.25) is 0 Å². The summed E-state index contributed by atoms with van der Waals surface area (Å²) in [5.74, 6) is 2.38. The molecule has 11 rings (SSSR count). The van der Waals surface area contributed by atoms with Crippen LogP contribution >= 0.6 is 0 Å². The Labute approximate surface area is 389 Å². The first-order chi connectivity index (χ1) is 32.3. The van der Waals surface area contributed by atoms with Crippen LogP contribution in [0.15, 0.2) is 212 Å². The van der Waals surface area contributed by atoms with Gasteiger partial charge in [0.1, 0.15) is 0 Å². The van der Waals surface area contributed by atoms with Crippen molar-refractivity contribution in [3.8, 4) is 56.4 Å². The standard InChI is InChI=1S/C32H27N.C30H25N3/c1-22-10-6-7-13-27(22)29-20-24(17-16-23(29)2)25-18-19-32-30(21-25)28-14-8-9-15-31(28)33(32)26-11-4-3-5-12-26;1-20-11-9-16-24(19-20)29-31-28(23-14-5-4-6-15-23)32-30(33-29)26-18-10-13-22(3)27(26)25-17-8-7-12-21(25)2/h3-21,30,32H,1-2H3;4-19H,1-3H3.